The summed E-state index contributed by atoms with van der Waals surface area (Å²) >= 11 is 6.00. The quantitative estimate of drug-likeness (QED) is 0.651. The van der Waals surface area contributed by atoms with Gasteiger partial charge in [0.25, 0.3) is 0 Å². The maximum atomic E-state index is 13.1. The molecule has 0 atom stereocenters. The number of benzene rings is 1. The molecule has 1 amide bonds. The van der Waals surface area contributed by atoms with E-state index in [-0.39, 0.29) is 5.91 Å². The van der Waals surface area contributed by atoms with Crippen molar-refractivity contribution in [2.45, 2.75) is 13.0 Å². The number of carbonyl (C=O) groups excluding carboxylic acids is 1. The largest absolute Gasteiger partial charge is 0.354 e. The van der Waals surface area contributed by atoms with Gasteiger partial charge >= 0.3 is 0 Å². The molecule has 1 N–H and O–H groups in total. The number of carbonyl (C=O) groups is 1. The van der Waals surface area contributed by atoms with Crippen molar-refractivity contribution in [3.63, 3.8) is 0 Å². The first kappa shape index (κ1) is 18.4. The summed E-state index contributed by atoms with van der Waals surface area (Å²) in [7, 11) is 0. The summed E-state index contributed by atoms with van der Waals surface area (Å²) in [6, 6.07) is 7.65. The SMILES string of the molecule is O=C(NCCn1cncn1)C1(Cc2ccc(Cl)cc2)CN(c2cnccn2)C1. The number of hydrogen-bond donors (Lipinski definition) is 1. The van der Waals surface area contributed by atoms with Gasteiger partial charge in [-0.05, 0) is 24.1 Å². The number of nitrogens with one attached hydrogen (secondary N) is 1. The van der Waals surface area contributed by atoms with Gasteiger partial charge in [0.05, 0.1) is 18.2 Å². The third kappa shape index (κ3) is 3.96. The number of nitrogens with zero attached hydrogens (tertiary/aromatic N) is 6. The summed E-state index contributed by atoms with van der Waals surface area (Å²) in [6.45, 7) is 2.25. The Labute approximate surface area is 167 Å². The lowest BCUT2D eigenvalue weighted by molar-refractivity contribution is -0.132. The Morgan fingerprint density at radius 2 is 2.00 bits per heavy atom. The molecule has 0 saturated carbocycles. The van der Waals surface area contributed by atoms with Crippen LogP contribution in [0.5, 0.6) is 0 Å². The molecule has 3 heterocycles. The number of aromatic nitrogens is 5. The zero-order chi connectivity index (χ0) is 19.4. The first-order chi connectivity index (χ1) is 13.6. The minimum atomic E-state index is -0.520. The van der Waals surface area contributed by atoms with Crippen LogP contribution in [0.1, 0.15) is 5.56 Å². The van der Waals surface area contributed by atoms with Crippen LogP contribution in [-0.4, -0.2) is 50.3 Å². The van der Waals surface area contributed by atoms with Crippen LogP contribution in [0.3, 0.4) is 0 Å². The molecule has 3 aromatic rings. The normalized spacial score (nSPS) is 15.1. The smallest absolute Gasteiger partial charge is 0.230 e. The van der Waals surface area contributed by atoms with Crippen LogP contribution in [0.2, 0.25) is 5.02 Å². The average Bonchev–Trinajstić information content (AvgIpc) is 3.20. The third-order valence-electron chi connectivity index (χ3n) is 4.89. The Kier molecular flexibility index (Phi) is 5.21. The van der Waals surface area contributed by atoms with E-state index in [0.29, 0.717) is 37.6 Å². The highest BCUT2D eigenvalue weighted by molar-refractivity contribution is 6.30. The topological polar surface area (TPSA) is 88.8 Å². The van der Waals surface area contributed by atoms with Gasteiger partial charge in [-0.15, -0.1) is 0 Å². The van der Waals surface area contributed by atoms with Crippen molar-refractivity contribution in [1.29, 1.82) is 0 Å². The molecule has 4 rings (SSSR count). The Balaban J connectivity index is 1.45. The Morgan fingerprint density at radius 3 is 2.68 bits per heavy atom. The molecule has 28 heavy (non-hydrogen) atoms. The summed E-state index contributed by atoms with van der Waals surface area (Å²) in [4.78, 5) is 27.5. The van der Waals surface area contributed by atoms with E-state index in [9.17, 15) is 4.79 Å². The fourth-order valence-corrected chi connectivity index (χ4v) is 3.58. The molecule has 1 saturated heterocycles. The predicted molar refractivity (Wildman–Crippen MR) is 105 cm³/mol. The zero-order valence-corrected chi connectivity index (χ0v) is 16.0. The van der Waals surface area contributed by atoms with Gasteiger partial charge in [0.15, 0.2) is 0 Å². The van der Waals surface area contributed by atoms with Crippen molar-refractivity contribution in [3.05, 3.63) is 66.1 Å². The lowest BCUT2D eigenvalue weighted by atomic mass is 9.73. The monoisotopic (exact) mass is 397 g/mol. The molecule has 0 radical (unpaired) electrons. The van der Waals surface area contributed by atoms with Gasteiger partial charge in [0.2, 0.25) is 5.91 Å². The van der Waals surface area contributed by atoms with Crippen LogP contribution in [0.4, 0.5) is 5.82 Å². The van der Waals surface area contributed by atoms with Gasteiger partial charge in [0, 0.05) is 37.1 Å². The third-order valence-corrected chi connectivity index (χ3v) is 5.14. The molecule has 1 aromatic carbocycles. The van der Waals surface area contributed by atoms with E-state index < -0.39 is 5.41 Å². The van der Waals surface area contributed by atoms with E-state index in [1.165, 1.54) is 6.33 Å². The molecule has 0 unspecified atom stereocenters. The summed E-state index contributed by atoms with van der Waals surface area (Å²) in [5.74, 6) is 0.812. The van der Waals surface area contributed by atoms with Gasteiger partial charge < -0.3 is 10.2 Å². The second-order valence-corrected chi connectivity index (χ2v) is 7.35. The molecule has 0 spiro atoms. The first-order valence-corrected chi connectivity index (χ1v) is 9.39. The van der Waals surface area contributed by atoms with Crippen LogP contribution in [0.25, 0.3) is 0 Å². The standard InChI is InChI=1S/C19H20ClN7O/c20-16-3-1-15(2-4-16)9-19(11-26(12-19)17-10-21-5-6-23-17)18(28)24-7-8-27-14-22-13-25-27/h1-6,10,13-14H,7-9,11-12H2,(H,24,28). The highest BCUT2D eigenvalue weighted by Crippen LogP contribution is 2.37. The predicted octanol–water partition coefficient (Wildman–Crippen LogP) is 1.59. The lowest BCUT2D eigenvalue weighted by Crippen LogP contribution is -2.65. The molecule has 1 fully saturated rings. The summed E-state index contributed by atoms with van der Waals surface area (Å²) < 4.78 is 1.69. The summed E-state index contributed by atoms with van der Waals surface area (Å²) in [5.41, 5.74) is 0.558. The van der Waals surface area contributed by atoms with Crippen molar-refractivity contribution in [2.75, 3.05) is 24.5 Å². The molecule has 0 aliphatic carbocycles. The Hall–Kier alpha value is -3.00. The molecule has 1 aliphatic heterocycles. The van der Waals surface area contributed by atoms with Gasteiger partial charge in [-0.3, -0.25) is 14.5 Å². The first-order valence-electron chi connectivity index (χ1n) is 9.01. The van der Waals surface area contributed by atoms with Crippen molar-refractivity contribution in [2.24, 2.45) is 5.41 Å². The molecule has 144 valence electrons. The lowest BCUT2D eigenvalue weighted by Gasteiger charge is -2.49. The van der Waals surface area contributed by atoms with E-state index in [1.54, 1.807) is 29.6 Å². The molecule has 9 heteroatoms. The van der Waals surface area contributed by atoms with Crippen molar-refractivity contribution < 1.29 is 4.79 Å². The second-order valence-electron chi connectivity index (χ2n) is 6.92. The van der Waals surface area contributed by atoms with Crippen LogP contribution in [0, 0.1) is 5.41 Å². The van der Waals surface area contributed by atoms with E-state index in [2.05, 4.69) is 30.3 Å². The average molecular weight is 398 g/mol. The van der Waals surface area contributed by atoms with Crippen molar-refractivity contribution in [3.8, 4) is 0 Å². The molecule has 2 aromatic heterocycles. The Morgan fingerprint density at radius 1 is 1.18 bits per heavy atom. The van der Waals surface area contributed by atoms with Crippen LogP contribution in [-0.2, 0) is 17.8 Å². The van der Waals surface area contributed by atoms with Crippen molar-refractivity contribution in [1.82, 2.24) is 30.0 Å². The zero-order valence-electron chi connectivity index (χ0n) is 15.2. The van der Waals surface area contributed by atoms with Gasteiger partial charge in [-0.25, -0.2) is 9.97 Å². The molecule has 0 bridgehead atoms. The maximum Gasteiger partial charge on any atom is 0.230 e. The number of amides is 1. The molecule has 8 nitrogen and oxygen atoms in total. The molecule has 1 aliphatic rings. The van der Waals surface area contributed by atoms with E-state index in [4.69, 9.17) is 11.6 Å². The molecular formula is C19H20ClN7O. The van der Waals surface area contributed by atoms with Crippen LogP contribution >= 0.6 is 11.6 Å². The number of halogens is 1. The van der Waals surface area contributed by atoms with Gasteiger partial charge in [0.1, 0.15) is 18.5 Å². The van der Waals surface area contributed by atoms with E-state index in [0.717, 1.165) is 11.4 Å². The minimum Gasteiger partial charge on any atom is -0.354 e. The van der Waals surface area contributed by atoms with Crippen LogP contribution in [0.15, 0.2) is 55.5 Å². The fraction of sp³-hybridized carbons (Fsp3) is 0.316. The summed E-state index contributed by atoms with van der Waals surface area (Å²) in [6.07, 6.45) is 8.77. The number of rotatable bonds is 7. The number of anilines is 1. The number of hydrogen-bond acceptors (Lipinski definition) is 6. The van der Waals surface area contributed by atoms with Crippen molar-refractivity contribution >= 4 is 23.3 Å². The van der Waals surface area contributed by atoms with Gasteiger partial charge in [-0.1, -0.05) is 23.7 Å². The Bertz CT molecular complexity index is 909. The second kappa shape index (κ2) is 7.93. The minimum absolute atomic E-state index is 0.0303. The van der Waals surface area contributed by atoms with E-state index in [1.807, 2.05) is 24.3 Å². The summed E-state index contributed by atoms with van der Waals surface area (Å²) in [5, 5.41) is 7.79. The molecular weight excluding hydrogens is 378 g/mol. The van der Waals surface area contributed by atoms with Crippen LogP contribution < -0.4 is 10.2 Å². The maximum absolute atomic E-state index is 13.1. The van der Waals surface area contributed by atoms with Gasteiger partial charge in [-0.2, -0.15) is 5.10 Å². The fourth-order valence-electron chi connectivity index (χ4n) is 3.45. The highest BCUT2D eigenvalue weighted by atomic mass is 35.5. The van der Waals surface area contributed by atoms with E-state index >= 15 is 0 Å². The highest BCUT2D eigenvalue weighted by Gasteiger charge is 2.49.